The highest BCUT2D eigenvalue weighted by atomic mass is 19.1. The molecule has 0 aliphatic carbocycles. The van der Waals surface area contributed by atoms with E-state index in [2.05, 4.69) is 26.1 Å². The molecule has 0 aromatic heterocycles. The maximum absolute atomic E-state index is 13.3. The Labute approximate surface area is 106 Å². The zero-order chi connectivity index (χ0) is 13.7. The summed E-state index contributed by atoms with van der Waals surface area (Å²) in [6.07, 6.45) is 0. The number of nitro groups is 1. The van der Waals surface area contributed by atoms with Crippen molar-refractivity contribution in [1.82, 2.24) is 5.32 Å². The van der Waals surface area contributed by atoms with Crippen LogP contribution in [-0.4, -0.2) is 11.5 Å². The van der Waals surface area contributed by atoms with E-state index in [0.29, 0.717) is 23.9 Å². The van der Waals surface area contributed by atoms with Gasteiger partial charge in [0.25, 0.3) is 0 Å². The van der Waals surface area contributed by atoms with E-state index in [1.165, 1.54) is 12.1 Å². The molecule has 1 atom stereocenters. The molecule has 100 valence electrons. The molecule has 0 saturated heterocycles. The third kappa shape index (κ3) is 4.07. The minimum atomic E-state index is -0.781. The second-order valence-corrected chi connectivity index (χ2v) is 4.90. The third-order valence-corrected chi connectivity index (χ3v) is 3.14. The first kappa shape index (κ1) is 14.6. The van der Waals surface area contributed by atoms with Gasteiger partial charge in [0.2, 0.25) is 5.82 Å². The molecule has 0 bridgehead atoms. The lowest BCUT2D eigenvalue weighted by Crippen LogP contribution is -2.23. The molecule has 5 heteroatoms. The van der Waals surface area contributed by atoms with Crippen molar-refractivity contribution >= 4 is 5.69 Å². The van der Waals surface area contributed by atoms with E-state index in [4.69, 9.17) is 0 Å². The number of hydrogen-bond acceptors (Lipinski definition) is 3. The quantitative estimate of drug-likeness (QED) is 0.627. The molecular weight excluding hydrogens is 235 g/mol. The summed E-state index contributed by atoms with van der Waals surface area (Å²) in [4.78, 5) is 9.75. The van der Waals surface area contributed by atoms with Gasteiger partial charge in [0, 0.05) is 12.6 Å². The number of benzene rings is 1. The molecule has 18 heavy (non-hydrogen) atoms. The van der Waals surface area contributed by atoms with Gasteiger partial charge in [-0.15, -0.1) is 0 Å². The fourth-order valence-corrected chi connectivity index (χ4v) is 1.49. The van der Waals surface area contributed by atoms with Gasteiger partial charge in [0.05, 0.1) is 4.92 Å². The maximum Gasteiger partial charge on any atom is 0.304 e. The Morgan fingerprint density at radius 3 is 2.56 bits per heavy atom. The first-order valence-corrected chi connectivity index (χ1v) is 6.05. The zero-order valence-corrected chi connectivity index (χ0v) is 10.9. The molecule has 0 saturated carbocycles. The highest BCUT2D eigenvalue weighted by Gasteiger charge is 2.13. The second kappa shape index (κ2) is 6.44. The summed E-state index contributed by atoms with van der Waals surface area (Å²) in [6.45, 7) is 7.81. The molecule has 4 nitrogen and oxygen atoms in total. The summed E-state index contributed by atoms with van der Waals surface area (Å²) in [7, 11) is 0. The second-order valence-electron chi connectivity index (χ2n) is 4.90. The van der Waals surface area contributed by atoms with Gasteiger partial charge in [-0.2, -0.15) is 4.39 Å². The molecule has 1 aromatic carbocycles. The van der Waals surface area contributed by atoms with E-state index in [-0.39, 0.29) is 0 Å². The van der Waals surface area contributed by atoms with E-state index >= 15 is 0 Å². The van der Waals surface area contributed by atoms with Gasteiger partial charge < -0.3 is 5.32 Å². The van der Waals surface area contributed by atoms with E-state index in [0.717, 1.165) is 6.54 Å². The number of nitrogens with zero attached hydrogens (tertiary/aromatic N) is 1. The molecule has 1 N–H and O–H groups in total. The Kier molecular flexibility index (Phi) is 5.22. The highest BCUT2D eigenvalue weighted by Crippen LogP contribution is 2.18. The summed E-state index contributed by atoms with van der Waals surface area (Å²) < 4.78 is 13.3. The summed E-state index contributed by atoms with van der Waals surface area (Å²) >= 11 is 0. The summed E-state index contributed by atoms with van der Waals surface area (Å²) in [5.41, 5.74) is 0.239. The van der Waals surface area contributed by atoms with Gasteiger partial charge in [-0.25, -0.2) is 0 Å². The van der Waals surface area contributed by atoms with E-state index in [1.807, 2.05) is 0 Å². The Balaban J connectivity index is 2.54. The third-order valence-electron chi connectivity index (χ3n) is 3.14. The Morgan fingerprint density at radius 1 is 1.39 bits per heavy atom. The summed E-state index contributed by atoms with van der Waals surface area (Å²) in [5.74, 6) is 0.343. The standard InChI is InChI=1S/C13H19FN2O2/c1-9(2)10(3)7-15-8-11-4-5-13(16(17)18)12(14)6-11/h4-6,9-10,15H,7-8H2,1-3H3. The minimum Gasteiger partial charge on any atom is -0.312 e. The van der Waals surface area contributed by atoms with E-state index < -0.39 is 16.4 Å². The fourth-order valence-electron chi connectivity index (χ4n) is 1.49. The van der Waals surface area contributed by atoms with Crippen LogP contribution in [0, 0.1) is 27.8 Å². The molecule has 0 fully saturated rings. The van der Waals surface area contributed by atoms with Crippen LogP contribution in [0.2, 0.25) is 0 Å². The first-order chi connectivity index (χ1) is 8.41. The van der Waals surface area contributed by atoms with Gasteiger partial charge in [-0.3, -0.25) is 10.1 Å². The van der Waals surface area contributed by atoms with E-state index in [1.54, 1.807) is 6.07 Å². The lowest BCUT2D eigenvalue weighted by atomic mass is 9.98. The molecule has 0 radical (unpaired) electrons. The number of rotatable bonds is 6. The van der Waals surface area contributed by atoms with Crippen LogP contribution in [0.15, 0.2) is 18.2 Å². The predicted molar refractivity (Wildman–Crippen MR) is 68.8 cm³/mol. The molecule has 1 unspecified atom stereocenters. The van der Waals surface area contributed by atoms with Crippen molar-refractivity contribution in [3.8, 4) is 0 Å². The zero-order valence-electron chi connectivity index (χ0n) is 10.9. The van der Waals surface area contributed by atoms with Crippen molar-refractivity contribution in [2.24, 2.45) is 11.8 Å². The smallest absolute Gasteiger partial charge is 0.304 e. The molecular formula is C13H19FN2O2. The average molecular weight is 254 g/mol. The van der Waals surface area contributed by atoms with Gasteiger partial charge >= 0.3 is 5.69 Å². The normalized spacial score (nSPS) is 12.7. The predicted octanol–water partition coefficient (Wildman–Crippen LogP) is 3.12. The monoisotopic (exact) mass is 254 g/mol. The fraction of sp³-hybridized carbons (Fsp3) is 0.538. The van der Waals surface area contributed by atoms with Gasteiger partial charge in [-0.1, -0.05) is 26.8 Å². The van der Waals surface area contributed by atoms with Crippen LogP contribution in [0.4, 0.5) is 10.1 Å². The van der Waals surface area contributed by atoms with Gasteiger partial charge in [-0.05, 0) is 30.0 Å². The largest absolute Gasteiger partial charge is 0.312 e. The molecule has 1 rings (SSSR count). The van der Waals surface area contributed by atoms with Crippen LogP contribution in [0.25, 0.3) is 0 Å². The summed E-state index contributed by atoms with van der Waals surface area (Å²) in [6, 6.07) is 4.00. The van der Waals surface area contributed by atoms with Gasteiger partial charge in [0.15, 0.2) is 0 Å². The number of hydrogen-bond donors (Lipinski definition) is 1. The SMILES string of the molecule is CC(C)C(C)CNCc1ccc([N+](=O)[O-])c(F)c1. The van der Waals surface area contributed by atoms with Crippen molar-refractivity contribution in [3.63, 3.8) is 0 Å². The Bertz CT molecular complexity index is 421. The van der Waals surface area contributed by atoms with Crippen LogP contribution in [0.5, 0.6) is 0 Å². The van der Waals surface area contributed by atoms with Crippen LogP contribution in [0.3, 0.4) is 0 Å². The van der Waals surface area contributed by atoms with Crippen LogP contribution in [0.1, 0.15) is 26.3 Å². The molecule has 0 amide bonds. The van der Waals surface area contributed by atoms with Crippen molar-refractivity contribution in [1.29, 1.82) is 0 Å². The molecule has 0 heterocycles. The molecule has 1 aromatic rings. The van der Waals surface area contributed by atoms with Crippen LogP contribution < -0.4 is 5.32 Å². The average Bonchev–Trinajstić information content (AvgIpc) is 2.28. The summed E-state index contributed by atoms with van der Waals surface area (Å²) in [5, 5.41) is 13.7. The van der Waals surface area contributed by atoms with Crippen LogP contribution in [-0.2, 0) is 6.54 Å². The first-order valence-electron chi connectivity index (χ1n) is 6.05. The molecule has 0 spiro atoms. The van der Waals surface area contributed by atoms with Gasteiger partial charge in [0.1, 0.15) is 0 Å². The van der Waals surface area contributed by atoms with Crippen LogP contribution >= 0.6 is 0 Å². The van der Waals surface area contributed by atoms with E-state index in [9.17, 15) is 14.5 Å². The maximum atomic E-state index is 13.3. The highest BCUT2D eigenvalue weighted by molar-refractivity contribution is 5.34. The van der Waals surface area contributed by atoms with Crippen molar-refractivity contribution in [2.75, 3.05) is 6.54 Å². The topological polar surface area (TPSA) is 55.2 Å². The van der Waals surface area contributed by atoms with Crippen molar-refractivity contribution in [3.05, 3.63) is 39.7 Å². The lowest BCUT2D eigenvalue weighted by Gasteiger charge is -2.16. The minimum absolute atomic E-state index is 0.478. The molecule has 0 aliphatic heterocycles. The van der Waals surface area contributed by atoms with Crippen molar-refractivity contribution in [2.45, 2.75) is 27.3 Å². The van der Waals surface area contributed by atoms with Crippen molar-refractivity contribution < 1.29 is 9.31 Å². The lowest BCUT2D eigenvalue weighted by molar-refractivity contribution is -0.387. The number of nitro benzene ring substituents is 1. The Hall–Kier alpha value is -1.49. The molecule has 0 aliphatic rings. The Morgan fingerprint density at radius 2 is 2.06 bits per heavy atom. The number of nitrogens with one attached hydrogen (secondary N) is 1. The number of halogens is 1.